The first-order chi connectivity index (χ1) is 10.3. The fourth-order valence-corrected chi connectivity index (χ4v) is 2.61. The van der Waals surface area contributed by atoms with Crippen molar-refractivity contribution in [2.24, 2.45) is 0 Å². The van der Waals surface area contributed by atoms with E-state index in [0.29, 0.717) is 0 Å². The van der Waals surface area contributed by atoms with Crippen molar-refractivity contribution >= 4 is 0 Å². The first-order valence-corrected chi connectivity index (χ1v) is 6.81. The van der Waals surface area contributed by atoms with E-state index in [2.05, 4.69) is 0 Å². The van der Waals surface area contributed by atoms with Crippen molar-refractivity contribution in [3.05, 3.63) is 6.61 Å². The molecule has 2 fully saturated rings. The molecule has 2 unspecified atom stereocenters. The van der Waals surface area contributed by atoms with Crippen molar-refractivity contribution < 1.29 is 50.3 Å². The Morgan fingerprint density at radius 1 is 0.818 bits per heavy atom. The van der Waals surface area contributed by atoms with Gasteiger partial charge < -0.3 is 50.3 Å². The Bertz CT molecular complexity index is 366. The fraction of sp³-hybridized carbons (Fsp3) is 0.917. The van der Waals surface area contributed by atoms with Crippen LogP contribution in [0.15, 0.2) is 0 Å². The van der Waals surface area contributed by atoms with Gasteiger partial charge in [-0.25, -0.2) is 0 Å². The van der Waals surface area contributed by atoms with E-state index in [-0.39, 0.29) is 0 Å². The van der Waals surface area contributed by atoms with Crippen LogP contribution < -0.4 is 0 Å². The van der Waals surface area contributed by atoms with Gasteiger partial charge in [-0.05, 0) is 0 Å². The van der Waals surface area contributed by atoms with E-state index in [1.165, 1.54) is 0 Å². The summed E-state index contributed by atoms with van der Waals surface area (Å²) < 4.78 is 10.1. The van der Waals surface area contributed by atoms with Crippen LogP contribution in [0.1, 0.15) is 0 Å². The van der Waals surface area contributed by atoms with Crippen LogP contribution in [0.5, 0.6) is 0 Å². The SMILES string of the molecule is OC[C@H]1OC(C(O)[C@@H]2O[CH][C@@H](O)[C@H](O)[C@H]2O)[C@H](O)[C@@H](O)[C@H]1O. The molecule has 0 amide bonds. The van der Waals surface area contributed by atoms with Crippen molar-refractivity contribution in [2.75, 3.05) is 6.61 Å². The first kappa shape index (κ1) is 17.9. The van der Waals surface area contributed by atoms with Gasteiger partial charge in [-0.1, -0.05) is 0 Å². The average molecular weight is 325 g/mol. The van der Waals surface area contributed by atoms with E-state index < -0.39 is 67.6 Å². The van der Waals surface area contributed by atoms with Crippen molar-refractivity contribution in [2.45, 2.75) is 61.0 Å². The predicted molar refractivity (Wildman–Crippen MR) is 67.0 cm³/mol. The molecule has 0 aromatic carbocycles. The number of aliphatic hydroxyl groups is 8. The molecule has 2 heterocycles. The largest absolute Gasteiger partial charge is 0.394 e. The lowest BCUT2D eigenvalue weighted by Crippen LogP contribution is -2.66. The third-order valence-corrected chi connectivity index (χ3v) is 4.01. The zero-order valence-corrected chi connectivity index (χ0v) is 11.5. The Hall–Kier alpha value is -0.400. The zero-order valence-electron chi connectivity index (χ0n) is 11.5. The predicted octanol–water partition coefficient (Wildman–Crippen LogP) is -5.17. The Morgan fingerprint density at radius 3 is 2.00 bits per heavy atom. The van der Waals surface area contributed by atoms with Gasteiger partial charge in [0.25, 0.3) is 0 Å². The molecule has 0 bridgehead atoms. The quantitative estimate of drug-likeness (QED) is 0.250. The van der Waals surface area contributed by atoms with Crippen LogP contribution in [0.3, 0.4) is 0 Å². The summed E-state index contributed by atoms with van der Waals surface area (Å²) in [5.74, 6) is 0. The maximum absolute atomic E-state index is 10.2. The number of hydrogen-bond acceptors (Lipinski definition) is 10. The zero-order chi connectivity index (χ0) is 16.6. The molecule has 22 heavy (non-hydrogen) atoms. The van der Waals surface area contributed by atoms with Crippen LogP contribution in [-0.4, -0.2) is 108 Å². The minimum atomic E-state index is -1.72. The summed E-state index contributed by atoms with van der Waals surface area (Å²) in [6.07, 6.45) is -15.6. The summed E-state index contributed by atoms with van der Waals surface area (Å²) in [4.78, 5) is 0. The van der Waals surface area contributed by atoms with Gasteiger partial charge in [0.1, 0.15) is 67.6 Å². The van der Waals surface area contributed by atoms with Gasteiger partial charge in [0.15, 0.2) is 0 Å². The molecule has 2 aliphatic heterocycles. The van der Waals surface area contributed by atoms with Crippen LogP contribution >= 0.6 is 0 Å². The monoisotopic (exact) mass is 325 g/mol. The van der Waals surface area contributed by atoms with E-state index in [9.17, 15) is 35.7 Å². The second kappa shape index (κ2) is 7.01. The Balaban J connectivity index is 2.12. The van der Waals surface area contributed by atoms with Gasteiger partial charge in [-0.3, -0.25) is 0 Å². The molecule has 2 rings (SSSR count). The highest BCUT2D eigenvalue weighted by Crippen LogP contribution is 2.29. The fourth-order valence-electron chi connectivity index (χ4n) is 2.61. The molecule has 0 aromatic heterocycles. The maximum Gasteiger partial charge on any atom is 0.115 e. The molecule has 0 spiro atoms. The Kier molecular flexibility index (Phi) is 5.72. The summed E-state index contributed by atoms with van der Waals surface area (Å²) in [7, 11) is 0. The van der Waals surface area contributed by atoms with E-state index >= 15 is 0 Å². The average Bonchev–Trinajstić information content (AvgIpc) is 2.50. The molecule has 1 radical (unpaired) electrons. The molecule has 10 heteroatoms. The van der Waals surface area contributed by atoms with Gasteiger partial charge in [0.2, 0.25) is 0 Å². The smallest absolute Gasteiger partial charge is 0.115 e. The third-order valence-electron chi connectivity index (χ3n) is 4.01. The molecule has 0 saturated carbocycles. The molecule has 2 saturated heterocycles. The molecule has 8 N–H and O–H groups in total. The van der Waals surface area contributed by atoms with Crippen molar-refractivity contribution in [1.29, 1.82) is 0 Å². The molecular weight excluding hydrogens is 304 g/mol. The maximum atomic E-state index is 10.2. The number of aliphatic hydroxyl groups excluding tert-OH is 8. The van der Waals surface area contributed by atoms with Crippen molar-refractivity contribution in [1.82, 2.24) is 0 Å². The second-order valence-electron chi connectivity index (χ2n) is 5.49. The van der Waals surface area contributed by atoms with Gasteiger partial charge in [-0.2, -0.15) is 0 Å². The van der Waals surface area contributed by atoms with Gasteiger partial charge in [0, 0.05) is 0 Å². The lowest BCUT2D eigenvalue weighted by molar-refractivity contribution is -0.272. The van der Waals surface area contributed by atoms with E-state index in [0.717, 1.165) is 6.61 Å². The summed E-state index contributed by atoms with van der Waals surface area (Å²) in [5, 5.41) is 77.2. The second-order valence-corrected chi connectivity index (χ2v) is 5.49. The highest BCUT2D eigenvalue weighted by Gasteiger charge is 2.51. The van der Waals surface area contributed by atoms with Crippen LogP contribution in [0, 0.1) is 6.61 Å². The summed E-state index contributed by atoms with van der Waals surface area (Å²) in [6, 6.07) is 0. The summed E-state index contributed by atoms with van der Waals surface area (Å²) in [6.45, 7) is 0.144. The molecule has 2 aliphatic rings. The first-order valence-electron chi connectivity index (χ1n) is 6.81. The summed E-state index contributed by atoms with van der Waals surface area (Å²) in [5.41, 5.74) is 0. The summed E-state index contributed by atoms with van der Waals surface area (Å²) >= 11 is 0. The van der Waals surface area contributed by atoms with Gasteiger partial charge in [-0.15, -0.1) is 0 Å². The van der Waals surface area contributed by atoms with Crippen LogP contribution in [0.2, 0.25) is 0 Å². The lowest BCUT2D eigenvalue weighted by atomic mass is 9.87. The number of rotatable bonds is 3. The minimum Gasteiger partial charge on any atom is -0.394 e. The standard InChI is InChI=1S/C12H21O10/c13-1-4-6(16)7(17)9(19)12(22-4)10(20)11-8(18)5(15)3(14)2-21-11/h2-20H,1H2/t3-,4-,5+,6+,7+,8-,9-,10?,11-,12?/m1/s1. The third kappa shape index (κ3) is 3.12. The van der Waals surface area contributed by atoms with Gasteiger partial charge in [0.05, 0.1) is 6.61 Å². The molecular formula is C12H21O10. The Morgan fingerprint density at radius 2 is 1.41 bits per heavy atom. The molecule has 0 aliphatic carbocycles. The van der Waals surface area contributed by atoms with Crippen molar-refractivity contribution in [3.63, 3.8) is 0 Å². The molecule has 129 valence electrons. The normalized spacial score (nSPS) is 51.5. The van der Waals surface area contributed by atoms with Crippen molar-refractivity contribution in [3.8, 4) is 0 Å². The topological polar surface area (TPSA) is 180 Å². The highest BCUT2D eigenvalue weighted by molar-refractivity contribution is 5.01. The van der Waals surface area contributed by atoms with Crippen LogP contribution in [0.25, 0.3) is 0 Å². The molecule has 0 aromatic rings. The molecule has 10 atom stereocenters. The highest BCUT2D eigenvalue weighted by atomic mass is 16.6. The van der Waals surface area contributed by atoms with Gasteiger partial charge >= 0.3 is 0 Å². The lowest BCUT2D eigenvalue weighted by Gasteiger charge is -2.45. The molecule has 10 nitrogen and oxygen atoms in total. The number of ether oxygens (including phenoxy) is 2. The van der Waals surface area contributed by atoms with E-state index in [1.807, 2.05) is 0 Å². The van der Waals surface area contributed by atoms with E-state index in [1.54, 1.807) is 0 Å². The Labute approximate surface area is 125 Å². The van der Waals surface area contributed by atoms with Crippen LogP contribution in [0.4, 0.5) is 0 Å². The minimum absolute atomic E-state index is 0.671. The van der Waals surface area contributed by atoms with E-state index in [4.69, 9.17) is 14.6 Å². The number of hydrogen-bond donors (Lipinski definition) is 8. The van der Waals surface area contributed by atoms with Crippen LogP contribution in [-0.2, 0) is 9.47 Å².